The molecule has 63 heavy (non-hydrogen) atoms. The van der Waals surface area contributed by atoms with E-state index >= 15 is 0 Å². The van der Waals surface area contributed by atoms with Crippen LogP contribution in [0.25, 0.3) is 0 Å². The van der Waals surface area contributed by atoms with Crippen LogP contribution in [-0.2, 0) is 18.0 Å². The summed E-state index contributed by atoms with van der Waals surface area (Å²) in [5.74, 6) is -14.1. The predicted octanol–water partition coefficient (Wildman–Crippen LogP) is 4.04. The van der Waals surface area contributed by atoms with Gasteiger partial charge in [0.1, 0.15) is 70.1 Å². The Morgan fingerprint density at radius 2 is 0.889 bits per heavy atom. The van der Waals surface area contributed by atoms with Gasteiger partial charge in [0.25, 0.3) is 0 Å². The van der Waals surface area contributed by atoms with E-state index < -0.39 is 105 Å². The molecule has 8 atom stereocenters. The van der Waals surface area contributed by atoms with Gasteiger partial charge >= 0.3 is 11.6 Å². The summed E-state index contributed by atoms with van der Waals surface area (Å²) in [5.41, 5.74) is -0.197. The van der Waals surface area contributed by atoms with E-state index in [4.69, 9.17) is 23.7 Å². The number of hydrogen-bond acceptors (Lipinski definition) is 18. The van der Waals surface area contributed by atoms with Crippen molar-refractivity contribution in [2.75, 3.05) is 0 Å². The summed E-state index contributed by atoms with van der Waals surface area (Å²) in [5, 5.41) is 145. The molecule has 0 aromatic heterocycles. The third-order valence-electron chi connectivity index (χ3n) is 12.5. The quantitative estimate of drug-likeness (QED) is 0.112. The number of rotatable bonds is 3. The zero-order valence-electron chi connectivity index (χ0n) is 32.0. The molecule has 6 aromatic carbocycles. The molecule has 322 valence electrons. The molecular weight excluding hydrogens is 828 g/mol. The van der Waals surface area contributed by atoms with Gasteiger partial charge in [-0.3, -0.25) is 0 Å². The van der Waals surface area contributed by atoms with Crippen molar-refractivity contribution in [3.8, 4) is 86.2 Å². The Hall–Kier alpha value is -7.80. The fourth-order valence-corrected chi connectivity index (χ4v) is 9.74. The summed E-state index contributed by atoms with van der Waals surface area (Å²) >= 11 is 0. The highest BCUT2D eigenvalue weighted by atomic mass is 16.7. The molecule has 0 amide bonds. The van der Waals surface area contributed by atoms with Gasteiger partial charge in [-0.05, 0) is 54.1 Å². The number of hydrogen-bond donors (Lipinski definition) is 13. The molecule has 0 radical (unpaired) electrons. The van der Waals surface area contributed by atoms with Crippen LogP contribution < -0.4 is 23.7 Å². The van der Waals surface area contributed by atoms with E-state index in [-0.39, 0.29) is 79.7 Å². The number of ether oxygens (including phenoxy) is 5. The molecule has 0 saturated heterocycles. The van der Waals surface area contributed by atoms with Gasteiger partial charge in [-0.25, -0.2) is 0 Å². The van der Waals surface area contributed by atoms with Crippen LogP contribution in [0.5, 0.6) is 86.2 Å². The predicted molar refractivity (Wildman–Crippen MR) is 210 cm³/mol. The van der Waals surface area contributed by atoms with Crippen LogP contribution in [0.1, 0.15) is 62.4 Å². The van der Waals surface area contributed by atoms with E-state index in [1.54, 1.807) is 0 Å². The largest absolute Gasteiger partial charge is 0.508 e. The topological polar surface area (TPSA) is 309 Å². The number of aliphatic hydroxyl groups excluding tert-OH is 3. The molecule has 0 fully saturated rings. The van der Waals surface area contributed by atoms with Crippen molar-refractivity contribution < 1.29 is 90.1 Å². The summed E-state index contributed by atoms with van der Waals surface area (Å²) in [7, 11) is 0. The zero-order chi connectivity index (χ0) is 44.2. The zero-order valence-corrected chi connectivity index (χ0v) is 32.0. The monoisotopic (exact) mass is 862 g/mol. The van der Waals surface area contributed by atoms with Crippen LogP contribution in [0.2, 0.25) is 0 Å². The maximum absolute atomic E-state index is 12.7. The van der Waals surface area contributed by atoms with E-state index in [0.717, 1.165) is 48.5 Å². The Kier molecular flexibility index (Phi) is 7.65. The number of phenolic OH excluding ortho intramolecular Hbond substituents is 10. The van der Waals surface area contributed by atoms with E-state index in [0.29, 0.717) is 0 Å². The maximum Gasteiger partial charge on any atom is 0.305 e. The lowest BCUT2D eigenvalue weighted by molar-refractivity contribution is -0.228. The Bertz CT molecular complexity index is 2990. The van der Waals surface area contributed by atoms with Gasteiger partial charge < -0.3 is 90.1 Å². The van der Waals surface area contributed by atoms with Crippen molar-refractivity contribution in [2.45, 2.75) is 54.2 Å². The Labute approximate surface area is 353 Å². The van der Waals surface area contributed by atoms with Crippen LogP contribution in [-0.4, -0.2) is 84.7 Å². The van der Waals surface area contributed by atoms with Crippen molar-refractivity contribution >= 4 is 0 Å². The lowest BCUT2D eigenvalue weighted by atomic mass is 9.69. The van der Waals surface area contributed by atoms with Gasteiger partial charge in [0.15, 0.2) is 34.5 Å². The molecule has 18 nitrogen and oxygen atoms in total. The van der Waals surface area contributed by atoms with Crippen LogP contribution in [0.4, 0.5) is 0 Å². The van der Waals surface area contributed by atoms with Crippen molar-refractivity contribution in [3.63, 3.8) is 0 Å². The number of aliphatic hydroxyl groups is 3. The van der Waals surface area contributed by atoms with E-state index in [9.17, 15) is 66.4 Å². The summed E-state index contributed by atoms with van der Waals surface area (Å²) in [4.78, 5) is 0. The fourth-order valence-electron chi connectivity index (χ4n) is 9.74. The fraction of sp³-hybridized carbons (Fsp3) is 0.200. The molecule has 6 aromatic rings. The molecule has 13 N–H and O–H groups in total. The highest BCUT2D eigenvalue weighted by Gasteiger charge is 2.65. The Morgan fingerprint density at radius 1 is 0.429 bits per heavy atom. The van der Waals surface area contributed by atoms with Crippen molar-refractivity contribution in [3.05, 3.63) is 123 Å². The number of aromatic hydroxyl groups is 10. The molecule has 5 aliphatic heterocycles. The van der Waals surface area contributed by atoms with Crippen molar-refractivity contribution in [1.82, 2.24) is 0 Å². The molecular formula is C45H34O18. The molecule has 18 heteroatoms. The third kappa shape index (κ3) is 5.04. The Balaban J connectivity index is 1.27. The summed E-state index contributed by atoms with van der Waals surface area (Å²) in [6, 6.07) is 15.0. The van der Waals surface area contributed by atoms with Gasteiger partial charge in [-0.1, -0.05) is 6.07 Å². The standard InChI is InChI=1S/C45H34O18/c46-18-10-27(54)32-30(12-18)61-45(17-3-6-23(50)26(53)9-17)42(57)34(32)36-39-20(14-29(56)38(59-39)15-1-4-21(48)24(51)7-15)40-37(41(36)63-45)35-33-28(55)11-19(47)13-31(33)60-44(62-40,43(35)58)16-2-5-22(49)25(52)8-16/h1-13,29,34-35,38,42-43,46-58H,14H2/t29-,34-,35-,38-,42-,43-,44+,45+/m1/s1. The minimum Gasteiger partial charge on any atom is -0.508 e. The molecule has 11 rings (SSSR count). The van der Waals surface area contributed by atoms with Gasteiger partial charge in [0, 0.05) is 69.6 Å². The van der Waals surface area contributed by atoms with E-state index in [1.807, 2.05) is 0 Å². The second kappa shape index (κ2) is 12.6. The number of phenols is 10. The molecule has 5 heterocycles. The number of fused-ring (bicyclic) bond motifs is 16. The molecule has 0 unspecified atom stereocenters. The average molecular weight is 863 g/mol. The first-order chi connectivity index (χ1) is 30.0. The van der Waals surface area contributed by atoms with Crippen LogP contribution in [0, 0.1) is 0 Å². The van der Waals surface area contributed by atoms with Gasteiger partial charge in [-0.2, -0.15) is 0 Å². The van der Waals surface area contributed by atoms with Gasteiger partial charge in [0.05, 0.1) is 17.9 Å². The lowest BCUT2D eigenvalue weighted by Gasteiger charge is -2.54. The summed E-state index contributed by atoms with van der Waals surface area (Å²) in [6.07, 6.45) is -6.88. The minimum atomic E-state index is -2.43. The molecule has 5 aliphatic rings. The second-order valence-electron chi connectivity index (χ2n) is 16.1. The lowest BCUT2D eigenvalue weighted by Crippen LogP contribution is -2.60. The molecule has 0 saturated carbocycles. The molecule has 0 spiro atoms. The smallest absolute Gasteiger partial charge is 0.305 e. The molecule has 0 aliphatic carbocycles. The highest BCUT2D eigenvalue weighted by Crippen LogP contribution is 2.69. The van der Waals surface area contributed by atoms with Crippen LogP contribution in [0.15, 0.2) is 78.9 Å². The first-order valence-corrected chi connectivity index (χ1v) is 19.4. The average Bonchev–Trinajstić information content (AvgIpc) is 3.21. The summed E-state index contributed by atoms with van der Waals surface area (Å²) < 4.78 is 33.3. The van der Waals surface area contributed by atoms with Crippen molar-refractivity contribution in [1.29, 1.82) is 0 Å². The first kappa shape index (κ1) is 38.1. The number of benzene rings is 6. The highest BCUT2D eigenvalue weighted by molar-refractivity contribution is 5.75. The van der Waals surface area contributed by atoms with Gasteiger partial charge in [-0.15, -0.1) is 0 Å². The maximum atomic E-state index is 12.7. The van der Waals surface area contributed by atoms with E-state index in [1.165, 1.54) is 30.3 Å². The Morgan fingerprint density at radius 3 is 1.38 bits per heavy atom. The summed E-state index contributed by atoms with van der Waals surface area (Å²) in [6.45, 7) is 0. The SMILES string of the molecule is Oc1cc(O)c2c(c1)O[C@@]1(c3ccc(O)c(O)c3)Oc3c4c(c5c(c3[C@@H]2[C@H]1O)O[C@]1(c2ccc(O)c(O)c2)Oc2cc(O)cc(O)c2[C@H]5[C@H]1O)O[C@H](c1ccc(O)c(O)c1)[C@H](O)C4. The van der Waals surface area contributed by atoms with Gasteiger partial charge in [0.2, 0.25) is 0 Å². The van der Waals surface area contributed by atoms with Crippen molar-refractivity contribution in [2.24, 2.45) is 0 Å². The normalized spacial score (nSPS) is 26.7. The second-order valence-corrected chi connectivity index (χ2v) is 16.1. The molecule has 4 bridgehead atoms. The van der Waals surface area contributed by atoms with Crippen LogP contribution in [0.3, 0.4) is 0 Å². The third-order valence-corrected chi connectivity index (χ3v) is 12.5. The minimum absolute atomic E-state index is 0.0304. The first-order valence-electron chi connectivity index (χ1n) is 19.4. The van der Waals surface area contributed by atoms with Crippen LogP contribution >= 0.6 is 0 Å². The van der Waals surface area contributed by atoms with E-state index in [2.05, 4.69) is 0 Å².